The van der Waals surface area contributed by atoms with Crippen LogP contribution in [-0.4, -0.2) is 54.9 Å². The molecule has 1 aromatic heterocycles. The first kappa shape index (κ1) is 17.4. The molecule has 7 heteroatoms. The Morgan fingerprint density at radius 3 is 2.39 bits per heavy atom. The molecule has 3 heterocycles. The SMILES string of the molecule is C[C@@H]1C[C@H](C)CN(S(=O)(=O)N2C[C@H](CO)[C@H](c3ccsc3)C2)C1. The van der Waals surface area contributed by atoms with Crippen LogP contribution in [0.1, 0.15) is 31.7 Å². The lowest BCUT2D eigenvalue weighted by molar-refractivity contribution is 0.206. The Labute approximate surface area is 143 Å². The van der Waals surface area contributed by atoms with Gasteiger partial charge in [0.05, 0.1) is 0 Å². The second kappa shape index (κ2) is 6.80. The monoisotopic (exact) mass is 358 g/mol. The van der Waals surface area contributed by atoms with Crippen molar-refractivity contribution in [3.05, 3.63) is 22.4 Å². The molecule has 0 saturated carbocycles. The zero-order valence-electron chi connectivity index (χ0n) is 13.8. The van der Waals surface area contributed by atoms with Crippen LogP contribution in [0.2, 0.25) is 0 Å². The van der Waals surface area contributed by atoms with Gasteiger partial charge in [-0.3, -0.25) is 0 Å². The fourth-order valence-corrected chi connectivity index (χ4v) is 6.69. The molecule has 0 aliphatic carbocycles. The average Bonchev–Trinajstić information content (AvgIpc) is 3.15. The van der Waals surface area contributed by atoms with E-state index in [0.29, 0.717) is 38.0 Å². The van der Waals surface area contributed by atoms with Crippen molar-refractivity contribution in [2.75, 3.05) is 32.8 Å². The lowest BCUT2D eigenvalue weighted by atomic mass is 9.92. The van der Waals surface area contributed by atoms with Gasteiger partial charge >= 0.3 is 0 Å². The van der Waals surface area contributed by atoms with Gasteiger partial charge in [-0.1, -0.05) is 13.8 Å². The van der Waals surface area contributed by atoms with E-state index < -0.39 is 10.2 Å². The van der Waals surface area contributed by atoms with E-state index in [1.807, 2.05) is 11.4 Å². The summed E-state index contributed by atoms with van der Waals surface area (Å²) in [5.74, 6) is 0.884. The van der Waals surface area contributed by atoms with Crippen LogP contribution < -0.4 is 0 Å². The maximum atomic E-state index is 13.0. The van der Waals surface area contributed by atoms with Gasteiger partial charge in [0, 0.05) is 44.6 Å². The normalized spacial score (nSPS) is 34.0. The predicted octanol–water partition coefficient (Wildman–Crippen LogP) is 1.98. The highest BCUT2D eigenvalue weighted by Crippen LogP contribution is 2.36. The Kier molecular flexibility index (Phi) is 5.13. The van der Waals surface area contributed by atoms with Crippen LogP contribution in [0.15, 0.2) is 16.8 Å². The van der Waals surface area contributed by atoms with Crippen molar-refractivity contribution in [3.63, 3.8) is 0 Å². The van der Waals surface area contributed by atoms with Gasteiger partial charge in [-0.05, 0) is 40.6 Å². The maximum Gasteiger partial charge on any atom is 0.282 e. The molecule has 1 N–H and O–H groups in total. The summed E-state index contributed by atoms with van der Waals surface area (Å²) in [7, 11) is -3.44. The van der Waals surface area contributed by atoms with E-state index in [0.717, 1.165) is 12.0 Å². The molecule has 0 aromatic carbocycles. The number of aliphatic hydroxyl groups is 1. The van der Waals surface area contributed by atoms with Gasteiger partial charge in [0.2, 0.25) is 0 Å². The smallest absolute Gasteiger partial charge is 0.282 e. The van der Waals surface area contributed by atoms with Gasteiger partial charge < -0.3 is 5.11 Å². The number of piperidine rings is 1. The maximum absolute atomic E-state index is 13.0. The Morgan fingerprint density at radius 2 is 1.83 bits per heavy atom. The molecule has 0 amide bonds. The zero-order chi connectivity index (χ0) is 16.6. The van der Waals surface area contributed by atoms with E-state index >= 15 is 0 Å². The summed E-state index contributed by atoms with van der Waals surface area (Å²) in [5.41, 5.74) is 1.15. The average molecular weight is 359 g/mol. The van der Waals surface area contributed by atoms with E-state index in [2.05, 4.69) is 19.2 Å². The van der Waals surface area contributed by atoms with Crippen LogP contribution in [0.4, 0.5) is 0 Å². The van der Waals surface area contributed by atoms with Crippen molar-refractivity contribution in [2.24, 2.45) is 17.8 Å². The molecular weight excluding hydrogens is 332 g/mol. The Morgan fingerprint density at radius 1 is 1.17 bits per heavy atom. The molecule has 0 radical (unpaired) electrons. The van der Waals surface area contributed by atoms with Crippen LogP contribution in [0.25, 0.3) is 0 Å². The van der Waals surface area contributed by atoms with Crippen molar-refractivity contribution in [1.82, 2.24) is 8.61 Å². The topological polar surface area (TPSA) is 60.9 Å². The first-order chi connectivity index (χ1) is 10.9. The molecule has 1 aromatic rings. The molecule has 5 nitrogen and oxygen atoms in total. The molecule has 130 valence electrons. The molecule has 2 fully saturated rings. The summed E-state index contributed by atoms with van der Waals surface area (Å²) in [6.07, 6.45) is 1.09. The molecule has 23 heavy (non-hydrogen) atoms. The Balaban J connectivity index is 1.78. The number of aliphatic hydroxyl groups excluding tert-OH is 1. The fourth-order valence-electron chi connectivity index (χ4n) is 4.03. The highest BCUT2D eigenvalue weighted by atomic mass is 32.2. The third-order valence-corrected chi connectivity index (χ3v) is 7.70. The molecule has 2 aliphatic heterocycles. The summed E-state index contributed by atoms with van der Waals surface area (Å²) in [4.78, 5) is 0. The van der Waals surface area contributed by atoms with Gasteiger partial charge in [0.25, 0.3) is 10.2 Å². The number of hydrogen-bond donors (Lipinski definition) is 1. The number of thiophene rings is 1. The number of rotatable bonds is 4. The molecule has 2 saturated heterocycles. The summed E-state index contributed by atoms with van der Waals surface area (Å²) < 4.78 is 29.3. The van der Waals surface area contributed by atoms with Crippen LogP contribution >= 0.6 is 11.3 Å². The van der Waals surface area contributed by atoms with Gasteiger partial charge in [0.15, 0.2) is 0 Å². The summed E-state index contributed by atoms with van der Waals surface area (Å²) in [6.45, 7) is 6.37. The van der Waals surface area contributed by atoms with Crippen LogP contribution in [0.5, 0.6) is 0 Å². The summed E-state index contributed by atoms with van der Waals surface area (Å²) in [5, 5.41) is 13.8. The van der Waals surface area contributed by atoms with Crippen LogP contribution in [0.3, 0.4) is 0 Å². The minimum atomic E-state index is -3.44. The molecule has 2 aliphatic rings. The molecule has 0 unspecified atom stereocenters. The molecule has 0 bridgehead atoms. The zero-order valence-corrected chi connectivity index (χ0v) is 15.4. The van der Waals surface area contributed by atoms with E-state index in [9.17, 15) is 13.5 Å². The highest BCUT2D eigenvalue weighted by molar-refractivity contribution is 7.86. The summed E-state index contributed by atoms with van der Waals surface area (Å²) >= 11 is 1.62. The van der Waals surface area contributed by atoms with E-state index in [-0.39, 0.29) is 18.4 Å². The first-order valence-corrected chi connectivity index (χ1v) is 10.6. The third-order valence-electron chi connectivity index (χ3n) is 5.10. The minimum Gasteiger partial charge on any atom is -0.396 e. The minimum absolute atomic E-state index is 0.0148. The predicted molar refractivity (Wildman–Crippen MR) is 92.6 cm³/mol. The largest absolute Gasteiger partial charge is 0.396 e. The fraction of sp³-hybridized carbons (Fsp3) is 0.750. The van der Waals surface area contributed by atoms with Crippen molar-refractivity contribution in [1.29, 1.82) is 0 Å². The first-order valence-electron chi connectivity index (χ1n) is 8.30. The molecule has 3 rings (SSSR count). The number of nitrogens with zero attached hydrogens (tertiary/aromatic N) is 2. The number of hydrogen-bond acceptors (Lipinski definition) is 4. The van der Waals surface area contributed by atoms with E-state index in [4.69, 9.17) is 0 Å². The van der Waals surface area contributed by atoms with Gasteiger partial charge in [0.1, 0.15) is 0 Å². The van der Waals surface area contributed by atoms with Gasteiger partial charge in [-0.25, -0.2) is 0 Å². The molecule has 0 spiro atoms. The quantitative estimate of drug-likeness (QED) is 0.895. The lowest BCUT2D eigenvalue weighted by Crippen LogP contribution is -2.49. The summed E-state index contributed by atoms with van der Waals surface area (Å²) in [6, 6.07) is 2.04. The van der Waals surface area contributed by atoms with Gasteiger partial charge in [-0.2, -0.15) is 28.4 Å². The molecule has 4 atom stereocenters. The van der Waals surface area contributed by atoms with Crippen LogP contribution in [-0.2, 0) is 10.2 Å². The highest BCUT2D eigenvalue weighted by Gasteiger charge is 2.42. The standard InChI is InChI=1S/C16H26N2O3S2/c1-12-5-13(2)7-17(6-12)23(20,21)18-8-15(10-19)16(9-18)14-3-4-22-11-14/h3-4,11-13,15-16,19H,5-10H2,1-2H3/t12-,13+,15-,16+/m1/s1. The lowest BCUT2D eigenvalue weighted by Gasteiger charge is -2.36. The van der Waals surface area contributed by atoms with Gasteiger partial charge in [-0.15, -0.1) is 0 Å². The third kappa shape index (κ3) is 3.49. The second-order valence-corrected chi connectivity index (χ2v) is 9.90. The van der Waals surface area contributed by atoms with Crippen LogP contribution in [0, 0.1) is 17.8 Å². The Bertz CT molecular complexity index is 607. The second-order valence-electron chi connectivity index (χ2n) is 7.19. The molecular formula is C16H26N2O3S2. The van der Waals surface area contributed by atoms with E-state index in [1.165, 1.54) is 0 Å². The van der Waals surface area contributed by atoms with Crippen molar-refractivity contribution < 1.29 is 13.5 Å². The van der Waals surface area contributed by atoms with Crippen molar-refractivity contribution in [2.45, 2.75) is 26.2 Å². The van der Waals surface area contributed by atoms with Crippen molar-refractivity contribution >= 4 is 21.5 Å². The van der Waals surface area contributed by atoms with Crippen molar-refractivity contribution in [3.8, 4) is 0 Å². The Hall–Kier alpha value is -0.470. The van der Waals surface area contributed by atoms with E-state index in [1.54, 1.807) is 19.9 Å².